The monoisotopic (exact) mass is 282 g/mol. The third-order valence-electron chi connectivity index (χ3n) is 4.85. The summed E-state index contributed by atoms with van der Waals surface area (Å²) < 4.78 is 0. The lowest BCUT2D eigenvalue weighted by Crippen LogP contribution is -2.45. The van der Waals surface area contributed by atoms with E-state index in [0.717, 1.165) is 0 Å². The van der Waals surface area contributed by atoms with Gasteiger partial charge in [0.25, 0.3) is 0 Å². The number of likely N-dealkylation sites (tertiary alicyclic amines) is 1. The molecule has 1 aliphatic heterocycles. The van der Waals surface area contributed by atoms with Crippen molar-refractivity contribution in [3.63, 3.8) is 0 Å². The van der Waals surface area contributed by atoms with Gasteiger partial charge < -0.3 is 10.6 Å². The smallest absolute Gasteiger partial charge is 0.00816 e. The van der Waals surface area contributed by atoms with Gasteiger partial charge >= 0.3 is 0 Å². The molecule has 0 radical (unpaired) electrons. The van der Waals surface area contributed by atoms with Crippen LogP contribution >= 0.6 is 0 Å². The van der Waals surface area contributed by atoms with Crippen molar-refractivity contribution in [3.05, 3.63) is 0 Å². The number of hydrogen-bond acceptors (Lipinski definition) is 2. The van der Waals surface area contributed by atoms with Crippen LogP contribution in [0, 0.1) is 0 Å². The standard InChI is InChI=1S/C18H38N2/c1-3-4-5-6-7-8-9-10-11-12-14-20-15-13-18(19)16-17(20)2/h17-18H,3-16,19H2,1-2H3. The second-order valence-corrected chi connectivity index (χ2v) is 6.85. The van der Waals surface area contributed by atoms with Gasteiger partial charge in [-0.05, 0) is 39.3 Å². The zero-order valence-electron chi connectivity index (χ0n) is 14.1. The minimum absolute atomic E-state index is 0.453. The van der Waals surface area contributed by atoms with E-state index in [2.05, 4.69) is 18.7 Å². The highest BCUT2D eigenvalue weighted by molar-refractivity contribution is 4.80. The summed E-state index contributed by atoms with van der Waals surface area (Å²) in [5.41, 5.74) is 6.01. The molecule has 2 unspecified atom stereocenters. The molecule has 1 aliphatic rings. The van der Waals surface area contributed by atoms with Crippen molar-refractivity contribution in [1.82, 2.24) is 4.90 Å². The van der Waals surface area contributed by atoms with Crippen molar-refractivity contribution >= 4 is 0 Å². The molecule has 1 saturated heterocycles. The molecule has 0 aromatic heterocycles. The Morgan fingerprint density at radius 2 is 1.45 bits per heavy atom. The number of nitrogens with zero attached hydrogens (tertiary/aromatic N) is 1. The van der Waals surface area contributed by atoms with Crippen LogP contribution in [0.3, 0.4) is 0 Å². The summed E-state index contributed by atoms with van der Waals surface area (Å²) in [6, 6.07) is 1.16. The molecule has 0 bridgehead atoms. The Morgan fingerprint density at radius 3 is 2.00 bits per heavy atom. The second-order valence-electron chi connectivity index (χ2n) is 6.85. The van der Waals surface area contributed by atoms with Gasteiger partial charge in [-0.2, -0.15) is 0 Å². The van der Waals surface area contributed by atoms with Crippen molar-refractivity contribution in [2.75, 3.05) is 13.1 Å². The molecule has 2 atom stereocenters. The van der Waals surface area contributed by atoms with Gasteiger partial charge in [0.2, 0.25) is 0 Å². The molecule has 1 fully saturated rings. The molecule has 120 valence electrons. The van der Waals surface area contributed by atoms with Crippen LogP contribution in [0.15, 0.2) is 0 Å². The molecule has 1 rings (SSSR count). The minimum Gasteiger partial charge on any atom is -0.328 e. The van der Waals surface area contributed by atoms with E-state index >= 15 is 0 Å². The summed E-state index contributed by atoms with van der Waals surface area (Å²) >= 11 is 0. The fraction of sp³-hybridized carbons (Fsp3) is 1.00. The molecular formula is C18H38N2. The van der Waals surface area contributed by atoms with E-state index in [4.69, 9.17) is 5.73 Å². The summed E-state index contributed by atoms with van der Waals surface area (Å²) in [6.07, 6.45) is 16.7. The van der Waals surface area contributed by atoms with Crippen LogP contribution in [0.2, 0.25) is 0 Å². The average Bonchev–Trinajstić information content (AvgIpc) is 2.43. The highest BCUT2D eigenvalue weighted by atomic mass is 15.2. The van der Waals surface area contributed by atoms with Crippen molar-refractivity contribution in [2.24, 2.45) is 5.73 Å². The maximum absolute atomic E-state index is 6.01. The van der Waals surface area contributed by atoms with Crippen molar-refractivity contribution in [1.29, 1.82) is 0 Å². The number of piperidine rings is 1. The average molecular weight is 283 g/mol. The van der Waals surface area contributed by atoms with Gasteiger partial charge in [0.1, 0.15) is 0 Å². The predicted molar refractivity (Wildman–Crippen MR) is 90.1 cm³/mol. The van der Waals surface area contributed by atoms with Gasteiger partial charge in [0.05, 0.1) is 0 Å². The zero-order chi connectivity index (χ0) is 14.6. The van der Waals surface area contributed by atoms with Gasteiger partial charge in [0, 0.05) is 12.1 Å². The van der Waals surface area contributed by atoms with E-state index in [1.165, 1.54) is 90.1 Å². The Labute approximate surface area is 127 Å². The lowest BCUT2D eigenvalue weighted by molar-refractivity contribution is 0.145. The van der Waals surface area contributed by atoms with Crippen LogP contribution in [0.1, 0.15) is 90.9 Å². The van der Waals surface area contributed by atoms with E-state index in [0.29, 0.717) is 12.1 Å². The normalized spacial score (nSPS) is 24.1. The Kier molecular flexibility index (Phi) is 10.4. The van der Waals surface area contributed by atoms with E-state index in [-0.39, 0.29) is 0 Å². The molecule has 2 heteroatoms. The molecule has 0 aromatic rings. The van der Waals surface area contributed by atoms with Crippen LogP contribution in [0.25, 0.3) is 0 Å². The Hall–Kier alpha value is -0.0800. The fourth-order valence-electron chi connectivity index (χ4n) is 3.39. The number of hydrogen-bond donors (Lipinski definition) is 1. The Morgan fingerprint density at radius 1 is 0.900 bits per heavy atom. The SMILES string of the molecule is CCCCCCCCCCCCN1CCC(N)CC1C. The van der Waals surface area contributed by atoms with E-state index < -0.39 is 0 Å². The van der Waals surface area contributed by atoms with Crippen LogP contribution in [0.4, 0.5) is 0 Å². The molecule has 0 spiro atoms. The van der Waals surface area contributed by atoms with Gasteiger partial charge in [-0.15, -0.1) is 0 Å². The highest BCUT2D eigenvalue weighted by Gasteiger charge is 2.22. The van der Waals surface area contributed by atoms with Crippen LogP contribution in [-0.2, 0) is 0 Å². The Balaban J connectivity index is 1.85. The van der Waals surface area contributed by atoms with Crippen molar-refractivity contribution < 1.29 is 0 Å². The largest absolute Gasteiger partial charge is 0.328 e. The van der Waals surface area contributed by atoms with E-state index in [9.17, 15) is 0 Å². The lowest BCUT2D eigenvalue weighted by Gasteiger charge is -2.36. The van der Waals surface area contributed by atoms with E-state index in [1.807, 2.05) is 0 Å². The summed E-state index contributed by atoms with van der Waals surface area (Å²) in [6.45, 7) is 7.15. The summed E-state index contributed by atoms with van der Waals surface area (Å²) in [5, 5.41) is 0. The molecule has 1 heterocycles. The first-order valence-electron chi connectivity index (χ1n) is 9.23. The molecular weight excluding hydrogens is 244 g/mol. The number of rotatable bonds is 11. The first kappa shape index (κ1) is 18.0. The summed E-state index contributed by atoms with van der Waals surface area (Å²) in [7, 11) is 0. The minimum atomic E-state index is 0.453. The molecule has 2 N–H and O–H groups in total. The number of nitrogens with two attached hydrogens (primary N) is 1. The third-order valence-corrected chi connectivity index (χ3v) is 4.85. The molecule has 20 heavy (non-hydrogen) atoms. The van der Waals surface area contributed by atoms with Crippen LogP contribution in [-0.4, -0.2) is 30.1 Å². The van der Waals surface area contributed by atoms with Gasteiger partial charge in [0.15, 0.2) is 0 Å². The quantitative estimate of drug-likeness (QED) is 0.556. The maximum atomic E-state index is 6.01. The highest BCUT2D eigenvalue weighted by Crippen LogP contribution is 2.17. The van der Waals surface area contributed by atoms with Gasteiger partial charge in [-0.1, -0.05) is 64.7 Å². The van der Waals surface area contributed by atoms with Crippen LogP contribution in [0.5, 0.6) is 0 Å². The summed E-state index contributed by atoms with van der Waals surface area (Å²) in [4.78, 5) is 2.65. The Bertz CT molecular complexity index is 217. The summed E-state index contributed by atoms with van der Waals surface area (Å²) in [5.74, 6) is 0. The first-order valence-corrected chi connectivity index (χ1v) is 9.23. The molecule has 0 aromatic carbocycles. The van der Waals surface area contributed by atoms with Crippen molar-refractivity contribution in [2.45, 2.75) is 103 Å². The lowest BCUT2D eigenvalue weighted by atomic mass is 9.98. The maximum Gasteiger partial charge on any atom is 0.00816 e. The topological polar surface area (TPSA) is 29.3 Å². The number of unbranched alkanes of at least 4 members (excludes halogenated alkanes) is 9. The molecule has 0 aliphatic carbocycles. The fourth-order valence-corrected chi connectivity index (χ4v) is 3.39. The van der Waals surface area contributed by atoms with Crippen molar-refractivity contribution in [3.8, 4) is 0 Å². The molecule has 0 saturated carbocycles. The second kappa shape index (κ2) is 11.6. The van der Waals surface area contributed by atoms with Gasteiger partial charge in [-0.3, -0.25) is 0 Å². The van der Waals surface area contributed by atoms with E-state index in [1.54, 1.807) is 0 Å². The zero-order valence-corrected chi connectivity index (χ0v) is 14.1. The molecule has 0 amide bonds. The predicted octanol–water partition coefficient (Wildman–Crippen LogP) is 4.72. The van der Waals surface area contributed by atoms with Crippen LogP contribution < -0.4 is 5.73 Å². The van der Waals surface area contributed by atoms with Gasteiger partial charge in [-0.25, -0.2) is 0 Å². The molecule has 2 nitrogen and oxygen atoms in total. The first-order chi connectivity index (χ1) is 9.74. The third kappa shape index (κ3) is 8.26.